The zero-order chi connectivity index (χ0) is 23.9. The fraction of sp³-hybridized carbons (Fsp3) is 0.750. The third-order valence-corrected chi connectivity index (χ3v) is 10.2. The number of esters is 2. The minimum Gasteiger partial charge on any atom is -0.460 e. The van der Waals surface area contributed by atoms with Gasteiger partial charge in [-0.15, -0.1) is 0 Å². The molecule has 1 aliphatic rings. The maximum atomic E-state index is 11.8. The number of carbonyl (C=O) groups is 2. The lowest BCUT2D eigenvalue weighted by molar-refractivity contribution is -0.141. The van der Waals surface area contributed by atoms with E-state index in [-0.39, 0.29) is 36.3 Å². The van der Waals surface area contributed by atoms with Gasteiger partial charge in [0.2, 0.25) is 0 Å². The topological polar surface area (TPSA) is 80.3 Å². The number of rotatable bonds is 2. The molecule has 0 aromatic carbocycles. The first-order valence-electron chi connectivity index (χ1n) is 11.6. The maximum absolute atomic E-state index is 11.8. The summed E-state index contributed by atoms with van der Waals surface area (Å²) in [6, 6.07) is 0. The molecule has 0 amide bonds. The number of hydrogen-bond acceptors (Lipinski definition) is 7. The van der Waals surface area contributed by atoms with Crippen molar-refractivity contribution in [3.05, 3.63) is 24.3 Å². The maximum Gasteiger partial charge on any atom is 0.330 e. The van der Waals surface area contributed by atoms with Gasteiger partial charge in [-0.25, -0.2) is 9.59 Å². The van der Waals surface area contributed by atoms with Gasteiger partial charge < -0.3 is 23.4 Å². The minimum absolute atomic E-state index is 0.111. The van der Waals surface area contributed by atoms with Crippen molar-refractivity contribution >= 4 is 20.3 Å². The van der Waals surface area contributed by atoms with Gasteiger partial charge in [0.05, 0.1) is 26.4 Å². The largest absolute Gasteiger partial charge is 0.460 e. The Morgan fingerprint density at radius 1 is 0.812 bits per heavy atom. The van der Waals surface area contributed by atoms with Crippen LogP contribution in [0.25, 0.3) is 0 Å². The lowest BCUT2D eigenvalue weighted by Crippen LogP contribution is -2.43. The Labute approximate surface area is 194 Å². The molecule has 8 heteroatoms. The summed E-state index contributed by atoms with van der Waals surface area (Å²) in [4.78, 5) is 23.6. The Bertz CT molecular complexity index is 608. The zero-order valence-corrected chi connectivity index (χ0v) is 21.5. The van der Waals surface area contributed by atoms with Crippen LogP contribution < -0.4 is 0 Å². The number of ether oxygens (including phenoxy) is 4. The predicted molar refractivity (Wildman–Crippen MR) is 127 cm³/mol. The SMILES string of the molecule is CC(C)(C)[Si](C)(C)OC1CCC=CC(=O)OCCOCCOCCOC(=O)C=CCCC1. The van der Waals surface area contributed by atoms with Crippen LogP contribution in [-0.2, 0) is 33.0 Å². The van der Waals surface area contributed by atoms with Crippen molar-refractivity contribution in [1.82, 2.24) is 0 Å². The van der Waals surface area contributed by atoms with Gasteiger partial charge in [0, 0.05) is 18.3 Å². The van der Waals surface area contributed by atoms with Crippen LogP contribution in [0.15, 0.2) is 24.3 Å². The molecule has 32 heavy (non-hydrogen) atoms. The summed E-state index contributed by atoms with van der Waals surface area (Å²) in [5, 5.41) is 0.128. The fourth-order valence-electron chi connectivity index (χ4n) is 2.78. The third kappa shape index (κ3) is 13.2. The molecule has 0 bridgehead atoms. The van der Waals surface area contributed by atoms with Gasteiger partial charge in [0.1, 0.15) is 13.2 Å². The van der Waals surface area contributed by atoms with Gasteiger partial charge in [-0.3, -0.25) is 0 Å². The van der Waals surface area contributed by atoms with Crippen LogP contribution in [0.4, 0.5) is 0 Å². The van der Waals surface area contributed by atoms with E-state index in [0.29, 0.717) is 26.4 Å². The van der Waals surface area contributed by atoms with Crippen LogP contribution in [0.1, 0.15) is 52.9 Å². The lowest BCUT2D eigenvalue weighted by Gasteiger charge is -2.39. The monoisotopic (exact) mass is 470 g/mol. The van der Waals surface area contributed by atoms with Crippen molar-refractivity contribution in [3.8, 4) is 0 Å². The summed E-state index contributed by atoms with van der Waals surface area (Å²) < 4.78 is 27.6. The summed E-state index contributed by atoms with van der Waals surface area (Å²) in [6.45, 7) is 13.0. The Morgan fingerprint density at radius 2 is 1.31 bits per heavy atom. The van der Waals surface area contributed by atoms with E-state index in [1.807, 2.05) is 12.2 Å². The highest BCUT2D eigenvalue weighted by Gasteiger charge is 2.38. The Morgan fingerprint density at radius 3 is 1.84 bits per heavy atom. The van der Waals surface area contributed by atoms with E-state index in [1.165, 1.54) is 12.2 Å². The summed E-state index contributed by atoms with van der Waals surface area (Å²) in [7, 11) is -1.90. The second-order valence-electron chi connectivity index (χ2n) is 9.37. The van der Waals surface area contributed by atoms with Crippen molar-refractivity contribution in [2.75, 3.05) is 39.6 Å². The molecule has 0 N–H and O–H groups in total. The number of hydrogen-bond donors (Lipinski definition) is 0. The predicted octanol–water partition coefficient (Wildman–Crippen LogP) is 4.57. The van der Waals surface area contributed by atoms with E-state index in [4.69, 9.17) is 23.4 Å². The zero-order valence-electron chi connectivity index (χ0n) is 20.5. The van der Waals surface area contributed by atoms with Gasteiger partial charge >= 0.3 is 11.9 Å². The molecule has 0 aliphatic carbocycles. The molecule has 1 heterocycles. The molecule has 1 aliphatic heterocycles. The van der Waals surface area contributed by atoms with Crippen LogP contribution in [-0.4, -0.2) is 66.0 Å². The summed E-state index contributed by atoms with van der Waals surface area (Å²) in [5.41, 5.74) is 0. The van der Waals surface area contributed by atoms with Crippen LogP contribution in [0.3, 0.4) is 0 Å². The molecule has 0 radical (unpaired) electrons. The molecule has 0 saturated carbocycles. The van der Waals surface area contributed by atoms with Crippen LogP contribution in [0.2, 0.25) is 18.1 Å². The Hall–Kier alpha value is -1.48. The van der Waals surface area contributed by atoms with Crippen LogP contribution in [0.5, 0.6) is 0 Å². The molecule has 0 saturated heterocycles. The van der Waals surface area contributed by atoms with Gasteiger partial charge in [-0.1, -0.05) is 32.9 Å². The molecule has 0 aromatic heterocycles. The summed E-state index contributed by atoms with van der Waals surface area (Å²) in [6.07, 6.45) is 10.9. The normalized spacial score (nSPS) is 22.3. The van der Waals surface area contributed by atoms with Crippen molar-refractivity contribution in [3.63, 3.8) is 0 Å². The fourth-order valence-corrected chi connectivity index (χ4v) is 4.20. The van der Waals surface area contributed by atoms with Gasteiger partial charge in [-0.2, -0.15) is 0 Å². The van der Waals surface area contributed by atoms with Gasteiger partial charge in [0.25, 0.3) is 0 Å². The van der Waals surface area contributed by atoms with Gasteiger partial charge in [0.15, 0.2) is 8.32 Å². The highest BCUT2D eigenvalue weighted by Crippen LogP contribution is 2.38. The lowest BCUT2D eigenvalue weighted by atomic mass is 10.1. The standard InChI is InChI=1S/C24H42O7Si/c1-24(2,3)32(4,5)31-21-11-7-6-8-13-22(25)29-19-17-27-15-16-28-18-20-30-23(26)14-10-9-12-21/h8,10,13-14,21H,6-7,9,11-12,15-20H2,1-5H3. The van der Waals surface area contributed by atoms with Crippen LogP contribution >= 0.6 is 0 Å². The van der Waals surface area contributed by atoms with E-state index in [0.717, 1.165) is 32.1 Å². The Kier molecular flexibility index (Phi) is 13.7. The van der Waals surface area contributed by atoms with E-state index in [2.05, 4.69) is 33.9 Å². The Balaban J connectivity index is 2.68. The molecule has 184 valence electrons. The first-order chi connectivity index (χ1) is 15.1. The highest BCUT2D eigenvalue weighted by molar-refractivity contribution is 6.74. The molecule has 1 unspecified atom stereocenters. The quantitative estimate of drug-likeness (QED) is 0.432. The van der Waals surface area contributed by atoms with Crippen LogP contribution in [0, 0.1) is 0 Å². The molecule has 0 aromatic rings. The van der Waals surface area contributed by atoms with Crippen molar-refractivity contribution in [1.29, 1.82) is 0 Å². The number of cyclic esters (lactones) is 2. The van der Waals surface area contributed by atoms with E-state index >= 15 is 0 Å². The van der Waals surface area contributed by atoms with E-state index in [9.17, 15) is 9.59 Å². The molecule has 0 fully saturated rings. The third-order valence-electron chi connectivity index (χ3n) is 5.64. The molecule has 7 nitrogen and oxygen atoms in total. The minimum atomic E-state index is -1.90. The molecular formula is C24H42O7Si. The molecule has 1 atom stereocenters. The highest BCUT2D eigenvalue weighted by atomic mass is 28.4. The number of allylic oxidation sites excluding steroid dienone is 2. The first-order valence-corrected chi connectivity index (χ1v) is 14.5. The van der Waals surface area contributed by atoms with Gasteiger partial charge in [-0.05, 0) is 50.2 Å². The molecule has 0 spiro atoms. The van der Waals surface area contributed by atoms with Crippen molar-refractivity contribution < 1.29 is 33.0 Å². The number of carbonyl (C=O) groups excluding carboxylic acids is 2. The average Bonchev–Trinajstić information content (AvgIpc) is 2.70. The smallest absolute Gasteiger partial charge is 0.330 e. The molecule has 1 rings (SSSR count). The first kappa shape index (κ1) is 28.5. The van der Waals surface area contributed by atoms with E-state index in [1.54, 1.807) is 0 Å². The second-order valence-corrected chi connectivity index (χ2v) is 14.1. The average molecular weight is 471 g/mol. The second kappa shape index (κ2) is 15.4. The van der Waals surface area contributed by atoms with Crippen molar-refractivity contribution in [2.45, 2.75) is 77.1 Å². The molecular weight excluding hydrogens is 428 g/mol. The summed E-state index contributed by atoms with van der Waals surface area (Å²) in [5.74, 6) is -0.714. The summed E-state index contributed by atoms with van der Waals surface area (Å²) >= 11 is 0. The van der Waals surface area contributed by atoms with Crippen molar-refractivity contribution in [2.24, 2.45) is 0 Å². The van der Waals surface area contributed by atoms with E-state index < -0.39 is 8.32 Å².